The van der Waals surface area contributed by atoms with Crippen LogP contribution in [0.25, 0.3) is 16.7 Å². The predicted molar refractivity (Wildman–Crippen MR) is 105 cm³/mol. The second-order valence-electron chi connectivity index (χ2n) is 5.98. The third-order valence-corrected chi connectivity index (χ3v) is 5.18. The molecule has 0 radical (unpaired) electrons. The molecule has 4 rings (SSSR count). The van der Waals surface area contributed by atoms with Crippen LogP contribution in [0.2, 0.25) is 0 Å². The van der Waals surface area contributed by atoms with Gasteiger partial charge in [-0.05, 0) is 29.8 Å². The summed E-state index contributed by atoms with van der Waals surface area (Å²) in [7, 11) is 1.77. The number of thioether (sulfide) groups is 1. The van der Waals surface area contributed by atoms with Gasteiger partial charge in [0.25, 0.3) is 5.56 Å². The summed E-state index contributed by atoms with van der Waals surface area (Å²) in [5.74, 6) is 0.595. The maximum Gasteiger partial charge on any atom is 0.269 e. The van der Waals surface area contributed by atoms with Gasteiger partial charge in [-0.3, -0.25) is 14.0 Å². The lowest BCUT2D eigenvalue weighted by atomic mass is 10.2. The standard InChI is InChI=1S/C20H15N5OS/c1-24-18-17(12-22-24)19(26)25(16-8-3-2-4-9-16)20(23-18)27-13-15-7-5-6-14(10-15)11-21/h2-10,12H,13H2,1H3. The molecule has 0 spiro atoms. The molecule has 0 N–H and O–H groups in total. The normalized spacial score (nSPS) is 10.8. The van der Waals surface area contributed by atoms with Gasteiger partial charge < -0.3 is 0 Å². The van der Waals surface area contributed by atoms with Crippen molar-refractivity contribution in [3.8, 4) is 11.8 Å². The van der Waals surface area contributed by atoms with E-state index in [1.54, 1.807) is 28.6 Å². The Balaban J connectivity index is 1.81. The highest BCUT2D eigenvalue weighted by molar-refractivity contribution is 7.98. The van der Waals surface area contributed by atoms with Crippen LogP contribution >= 0.6 is 11.8 Å². The van der Waals surface area contributed by atoms with Crippen LogP contribution in [0.1, 0.15) is 11.1 Å². The van der Waals surface area contributed by atoms with E-state index in [2.05, 4.69) is 11.2 Å². The zero-order valence-electron chi connectivity index (χ0n) is 14.5. The molecule has 0 saturated heterocycles. The van der Waals surface area contributed by atoms with Gasteiger partial charge >= 0.3 is 0 Å². The van der Waals surface area contributed by atoms with Crippen molar-refractivity contribution in [2.45, 2.75) is 10.9 Å². The molecule has 0 aliphatic carbocycles. The van der Waals surface area contributed by atoms with E-state index in [0.29, 0.717) is 27.5 Å². The van der Waals surface area contributed by atoms with Gasteiger partial charge in [0.1, 0.15) is 5.39 Å². The lowest BCUT2D eigenvalue weighted by Crippen LogP contribution is -2.21. The van der Waals surface area contributed by atoms with E-state index >= 15 is 0 Å². The van der Waals surface area contributed by atoms with Crippen molar-refractivity contribution in [3.63, 3.8) is 0 Å². The van der Waals surface area contributed by atoms with Crippen LogP contribution in [0, 0.1) is 11.3 Å². The van der Waals surface area contributed by atoms with E-state index in [9.17, 15) is 4.79 Å². The number of hydrogen-bond donors (Lipinski definition) is 0. The lowest BCUT2D eigenvalue weighted by Gasteiger charge is -2.12. The van der Waals surface area contributed by atoms with Crippen LogP contribution < -0.4 is 5.56 Å². The van der Waals surface area contributed by atoms with Crippen LogP contribution in [0.5, 0.6) is 0 Å². The Kier molecular flexibility index (Phi) is 4.48. The fraction of sp³-hybridized carbons (Fsp3) is 0.100. The lowest BCUT2D eigenvalue weighted by molar-refractivity contribution is 0.758. The summed E-state index contributed by atoms with van der Waals surface area (Å²) in [6.45, 7) is 0. The van der Waals surface area contributed by atoms with E-state index in [1.807, 2.05) is 48.5 Å². The Morgan fingerprint density at radius 2 is 1.96 bits per heavy atom. The average molecular weight is 373 g/mol. The van der Waals surface area contributed by atoms with Crippen molar-refractivity contribution in [2.24, 2.45) is 7.05 Å². The largest absolute Gasteiger partial charge is 0.269 e. The Morgan fingerprint density at radius 1 is 1.15 bits per heavy atom. The topological polar surface area (TPSA) is 76.5 Å². The molecular weight excluding hydrogens is 358 g/mol. The number of nitriles is 1. The van der Waals surface area contributed by atoms with Crippen LogP contribution in [-0.4, -0.2) is 19.3 Å². The minimum atomic E-state index is -0.146. The molecule has 0 bridgehead atoms. The number of rotatable bonds is 4. The quantitative estimate of drug-likeness (QED) is 0.405. The Hall–Kier alpha value is -3.37. The first-order valence-corrected chi connectivity index (χ1v) is 9.28. The number of fused-ring (bicyclic) bond motifs is 1. The van der Waals surface area contributed by atoms with Gasteiger partial charge in [0.05, 0.1) is 23.5 Å². The molecular formula is C20H15N5OS. The van der Waals surface area contributed by atoms with Gasteiger partial charge in [0.2, 0.25) is 0 Å². The molecule has 27 heavy (non-hydrogen) atoms. The summed E-state index contributed by atoms with van der Waals surface area (Å²) in [6, 6.07) is 19.0. The van der Waals surface area contributed by atoms with E-state index in [1.165, 1.54) is 11.8 Å². The van der Waals surface area contributed by atoms with Crippen LogP contribution in [-0.2, 0) is 12.8 Å². The van der Waals surface area contributed by atoms with Crippen LogP contribution in [0.3, 0.4) is 0 Å². The highest BCUT2D eigenvalue weighted by atomic mass is 32.2. The third-order valence-electron chi connectivity index (χ3n) is 4.17. The molecule has 4 aromatic rings. The third kappa shape index (κ3) is 3.23. The summed E-state index contributed by atoms with van der Waals surface area (Å²) in [5.41, 5.74) is 2.78. The van der Waals surface area contributed by atoms with Gasteiger partial charge in [0.15, 0.2) is 10.8 Å². The smallest absolute Gasteiger partial charge is 0.268 e. The number of nitrogens with zero attached hydrogens (tertiary/aromatic N) is 5. The summed E-state index contributed by atoms with van der Waals surface area (Å²) in [5, 5.41) is 14.3. The number of para-hydroxylation sites is 1. The van der Waals surface area contributed by atoms with E-state index in [4.69, 9.17) is 10.2 Å². The zero-order valence-corrected chi connectivity index (χ0v) is 15.3. The molecule has 2 aromatic carbocycles. The molecule has 132 valence electrons. The molecule has 0 aliphatic rings. The summed E-state index contributed by atoms with van der Waals surface area (Å²) in [6.07, 6.45) is 1.55. The molecule has 2 heterocycles. The summed E-state index contributed by atoms with van der Waals surface area (Å²) < 4.78 is 3.22. The van der Waals surface area contributed by atoms with Crippen molar-refractivity contribution in [3.05, 3.63) is 82.3 Å². The Labute approximate surface area is 159 Å². The van der Waals surface area contributed by atoms with E-state index in [0.717, 1.165) is 11.3 Å². The number of aromatic nitrogens is 4. The van der Waals surface area contributed by atoms with Crippen molar-refractivity contribution >= 4 is 22.8 Å². The van der Waals surface area contributed by atoms with Gasteiger partial charge in [-0.15, -0.1) is 0 Å². The van der Waals surface area contributed by atoms with Gasteiger partial charge in [-0.25, -0.2) is 4.98 Å². The van der Waals surface area contributed by atoms with Crippen LogP contribution in [0.15, 0.2) is 70.7 Å². The molecule has 0 fully saturated rings. The zero-order chi connectivity index (χ0) is 18.8. The van der Waals surface area contributed by atoms with E-state index in [-0.39, 0.29) is 5.56 Å². The van der Waals surface area contributed by atoms with Gasteiger partial charge in [0, 0.05) is 12.8 Å². The average Bonchev–Trinajstić information content (AvgIpc) is 3.08. The second-order valence-corrected chi connectivity index (χ2v) is 6.92. The van der Waals surface area contributed by atoms with Gasteiger partial charge in [-0.2, -0.15) is 10.4 Å². The summed E-state index contributed by atoms with van der Waals surface area (Å²) in [4.78, 5) is 17.8. The molecule has 0 aliphatic heterocycles. The van der Waals surface area contributed by atoms with Crippen molar-refractivity contribution < 1.29 is 0 Å². The number of hydrogen-bond acceptors (Lipinski definition) is 5. The fourth-order valence-corrected chi connectivity index (χ4v) is 3.79. The van der Waals surface area contributed by atoms with Crippen molar-refractivity contribution in [1.29, 1.82) is 5.26 Å². The minimum absolute atomic E-state index is 0.146. The fourth-order valence-electron chi connectivity index (χ4n) is 2.84. The predicted octanol–water partition coefficient (Wildman–Crippen LogP) is 3.28. The molecule has 6 nitrogen and oxygen atoms in total. The molecule has 7 heteroatoms. The maximum atomic E-state index is 13.1. The monoisotopic (exact) mass is 373 g/mol. The van der Waals surface area contributed by atoms with Gasteiger partial charge in [-0.1, -0.05) is 42.1 Å². The maximum absolute atomic E-state index is 13.1. The summed E-state index contributed by atoms with van der Waals surface area (Å²) >= 11 is 1.46. The van der Waals surface area contributed by atoms with E-state index < -0.39 is 0 Å². The highest BCUT2D eigenvalue weighted by Gasteiger charge is 2.16. The molecule has 2 aromatic heterocycles. The second kappa shape index (κ2) is 7.09. The molecule has 0 amide bonds. The van der Waals surface area contributed by atoms with Crippen molar-refractivity contribution in [2.75, 3.05) is 0 Å². The van der Waals surface area contributed by atoms with Crippen molar-refractivity contribution in [1.82, 2.24) is 19.3 Å². The van der Waals surface area contributed by atoms with Crippen LogP contribution in [0.4, 0.5) is 0 Å². The first-order chi connectivity index (χ1) is 13.2. The molecule has 0 unspecified atom stereocenters. The number of benzene rings is 2. The minimum Gasteiger partial charge on any atom is -0.268 e. The SMILES string of the molecule is Cn1ncc2c(=O)n(-c3ccccc3)c(SCc3cccc(C#N)c3)nc21. The Bertz CT molecular complexity index is 1220. The first kappa shape index (κ1) is 17.1. The first-order valence-electron chi connectivity index (χ1n) is 8.29. The molecule has 0 atom stereocenters. The Morgan fingerprint density at radius 3 is 2.74 bits per heavy atom. The number of aryl methyl sites for hydroxylation is 1. The highest BCUT2D eigenvalue weighted by Crippen LogP contribution is 2.24. The molecule has 0 saturated carbocycles.